The molecule has 0 unspecified atom stereocenters. The summed E-state index contributed by atoms with van der Waals surface area (Å²) in [4.78, 5) is 15.4. The van der Waals surface area contributed by atoms with E-state index < -0.39 is 5.97 Å². The second-order valence-corrected chi connectivity index (χ2v) is 4.60. The van der Waals surface area contributed by atoms with Gasteiger partial charge in [0, 0.05) is 23.9 Å². The number of nitrogens with two attached hydrogens (primary N) is 1. The zero-order chi connectivity index (χ0) is 15.6. The number of carbonyl (C=O) groups is 1. The maximum atomic E-state index is 11.1. The SMILES string of the molecule is COc1c(C)cnc(Cn2nnc(C(=O)O)c2CN)c1C. The third-order valence-electron chi connectivity index (χ3n) is 3.28. The standard InChI is InChI=1S/C13H17N5O3/c1-7-5-15-9(8(2)12(7)21-3)6-18-10(4-14)11(13(19)20)16-17-18/h5H,4,6,14H2,1-3H3,(H,19,20). The Kier molecular flexibility index (Phi) is 4.18. The van der Waals surface area contributed by atoms with E-state index in [9.17, 15) is 4.79 Å². The minimum atomic E-state index is -1.15. The van der Waals surface area contributed by atoms with Crippen molar-refractivity contribution in [3.8, 4) is 5.75 Å². The predicted octanol–water partition coefficient (Wildman–Crippen LogP) is 0.504. The summed E-state index contributed by atoms with van der Waals surface area (Å²) in [7, 11) is 1.60. The molecule has 0 fully saturated rings. The van der Waals surface area contributed by atoms with Crippen molar-refractivity contribution in [1.82, 2.24) is 20.0 Å². The molecule has 3 N–H and O–H groups in total. The zero-order valence-electron chi connectivity index (χ0n) is 12.1. The van der Waals surface area contributed by atoms with Gasteiger partial charge in [-0.25, -0.2) is 9.48 Å². The van der Waals surface area contributed by atoms with Crippen molar-refractivity contribution in [2.24, 2.45) is 5.73 Å². The topological polar surface area (TPSA) is 116 Å². The van der Waals surface area contributed by atoms with Crippen molar-refractivity contribution in [2.75, 3.05) is 7.11 Å². The van der Waals surface area contributed by atoms with Crippen LogP contribution < -0.4 is 10.5 Å². The van der Waals surface area contributed by atoms with E-state index in [1.165, 1.54) is 4.68 Å². The molecule has 0 aromatic carbocycles. The van der Waals surface area contributed by atoms with Crippen LogP contribution in [0.1, 0.15) is 33.0 Å². The first-order valence-corrected chi connectivity index (χ1v) is 6.34. The van der Waals surface area contributed by atoms with Gasteiger partial charge in [0.1, 0.15) is 5.75 Å². The van der Waals surface area contributed by atoms with Crippen molar-refractivity contribution in [2.45, 2.75) is 26.9 Å². The van der Waals surface area contributed by atoms with E-state index in [1.54, 1.807) is 13.3 Å². The maximum Gasteiger partial charge on any atom is 0.358 e. The number of ether oxygens (including phenoxy) is 1. The van der Waals surface area contributed by atoms with E-state index in [2.05, 4.69) is 15.3 Å². The smallest absolute Gasteiger partial charge is 0.358 e. The molecule has 0 aliphatic heterocycles. The lowest BCUT2D eigenvalue weighted by molar-refractivity contribution is 0.0689. The summed E-state index contributed by atoms with van der Waals surface area (Å²) >= 11 is 0. The molecule has 112 valence electrons. The van der Waals surface area contributed by atoms with Crippen LogP contribution >= 0.6 is 0 Å². The molecule has 2 rings (SSSR count). The van der Waals surface area contributed by atoms with Crippen molar-refractivity contribution in [3.05, 3.63) is 34.4 Å². The van der Waals surface area contributed by atoms with Gasteiger partial charge in [-0.15, -0.1) is 5.10 Å². The summed E-state index contributed by atoms with van der Waals surface area (Å²) < 4.78 is 6.80. The molecule has 2 aromatic heterocycles. The Labute approximate surface area is 121 Å². The number of carboxylic acid groups (broad SMARTS) is 1. The van der Waals surface area contributed by atoms with E-state index >= 15 is 0 Å². The van der Waals surface area contributed by atoms with Crippen LogP contribution in [-0.2, 0) is 13.1 Å². The second-order valence-electron chi connectivity index (χ2n) is 4.60. The number of rotatable bonds is 5. The lowest BCUT2D eigenvalue weighted by Gasteiger charge is -2.12. The van der Waals surface area contributed by atoms with Gasteiger partial charge in [-0.2, -0.15) is 0 Å². The van der Waals surface area contributed by atoms with Crippen LogP contribution in [0.5, 0.6) is 5.75 Å². The first-order chi connectivity index (χ1) is 9.99. The van der Waals surface area contributed by atoms with E-state index in [0.717, 1.165) is 22.6 Å². The molecule has 0 radical (unpaired) electrons. The lowest BCUT2D eigenvalue weighted by atomic mass is 10.1. The van der Waals surface area contributed by atoms with E-state index in [0.29, 0.717) is 5.69 Å². The summed E-state index contributed by atoms with van der Waals surface area (Å²) in [6, 6.07) is 0. The number of methoxy groups -OCH3 is 1. The van der Waals surface area contributed by atoms with Gasteiger partial charge < -0.3 is 15.6 Å². The zero-order valence-corrected chi connectivity index (χ0v) is 12.1. The van der Waals surface area contributed by atoms with Gasteiger partial charge in [-0.05, 0) is 13.8 Å². The van der Waals surface area contributed by atoms with Crippen LogP contribution in [0.2, 0.25) is 0 Å². The fourth-order valence-electron chi connectivity index (χ4n) is 2.20. The monoisotopic (exact) mass is 291 g/mol. The van der Waals surface area contributed by atoms with Crippen molar-refractivity contribution >= 4 is 5.97 Å². The molecule has 8 heteroatoms. The third-order valence-corrected chi connectivity index (χ3v) is 3.28. The highest BCUT2D eigenvalue weighted by Gasteiger charge is 2.19. The number of nitrogens with zero attached hydrogens (tertiary/aromatic N) is 4. The van der Waals surface area contributed by atoms with Gasteiger partial charge in [0.2, 0.25) is 0 Å². The van der Waals surface area contributed by atoms with Crippen LogP contribution in [-0.4, -0.2) is 38.2 Å². The van der Waals surface area contributed by atoms with Gasteiger partial charge in [0.25, 0.3) is 0 Å². The number of aromatic carboxylic acids is 1. The van der Waals surface area contributed by atoms with Gasteiger partial charge in [0.15, 0.2) is 5.69 Å². The lowest BCUT2D eigenvalue weighted by Crippen LogP contribution is -2.14. The first kappa shape index (κ1) is 14.9. The summed E-state index contributed by atoms with van der Waals surface area (Å²) in [5, 5.41) is 16.5. The van der Waals surface area contributed by atoms with E-state index in [4.69, 9.17) is 15.6 Å². The molecule has 21 heavy (non-hydrogen) atoms. The maximum absolute atomic E-state index is 11.1. The number of pyridine rings is 1. The predicted molar refractivity (Wildman–Crippen MR) is 74.2 cm³/mol. The fraction of sp³-hybridized carbons (Fsp3) is 0.385. The van der Waals surface area contributed by atoms with Gasteiger partial charge in [-0.3, -0.25) is 4.98 Å². The number of hydrogen-bond acceptors (Lipinski definition) is 6. The highest BCUT2D eigenvalue weighted by molar-refractivity contribution is 5.86. The van der Waals surface area contributed by atoms with Gasteiger partial charge in [0.05, 0.1) is 25.0 Å². The summed E-state index contributed by atoms with van der Waals surface area (Å²) in [5.41, 5.74) is 8.38. The number of hydrogen-bond donors (Lipinski definition) is 2. The Morgan fingerprint density at radius 2 is 2.19 bits per heavy atom. The largest absolute Gasteiger partial charge is 0.496 e. The molecule has 0 saturated heterocycles. The Morgan fingerprint density at radius 1 is 1.48 bits per heavy atom. The fourth-order valence-corrected chi connectivity index (χ4v) is 2.20. The normalized spacial score (nSPS) is 10.7. The van der Waals surface area contributed by atoms with Gasteiger partial charge in [-0.1, -0.05) is 5.21 Å². The van der Waals surface area contributed by atoms with Crippen molar-refractivity contribution in [1.29, 1.82) is 0 Å². The molecule has 0 bridgehead atoms. The quantitative estimate of drug-likeness (QED) is 0.824. The Bertz CT molecular complexity index is 681. The number of carboxylic acids is 1. The van der Waals surface area contributed by atoms with Crippen LogP contribution in [0.4, 0.5) is 0 Å². The third kappa shape index (κ3) is 2.70. The molecule has 0 atom stereocenters. The average Bonchev–Trinajstić information content (AvgIpc) is 2.85. The molecule has 0 spiro atoms. The summed E-state index contributed by atoms with van der Waals surface area (Å²) in [6.07, 6.45) is 1.71. The molecule has 8 nitrogen and oxygen atoms in total. The van der Waals surface area contributed by atoms with Crippen molar-refractivity contribution < 1.29 is 14.6 Å². The molecule has 0 aliphatic rings. The molecule has 0 amide bonds. The Balaban J connectivity index is 2.41. The Hall–Kier alpha value is -2.48. The average molecular weight is 291 g/mol. The number of aromatic nitrogens is 4. The minimum Gasteiger partial charge on any atom is -0.496 e. The molecular formula is C13H17N5O3. The van der Waals surface area contributed by atoms with Crippen molar-refractivity contribution in [3.63, 3.8) is 0 Å². The summed E-state index contributed by atoms with van der Waals surface area (Å²) in [6.45, 7) is 4.13. The molecule has 2 heterocycles. The summed E-state index contributed by atoms with van der Waals surface area (Å²) in [5.74, 6) is -0.388. The van der Waals surface area contributed by atoms with Gasteiger partial charge >= 0.3 is 5.97 Å². The van der Waals surface area contributed by atoms with Crippen LogP contribution in [0, 0.1) is 13.8 Å². The minimum absolute atomic E-state index is 0.0384. The Morgan fingerprint density at radius 3 is 2.76 bits per heavy atom. The second kappa shape index (κ2) is 5.88. The first-order valence-electron chi connectivity index (χ1n) is 6.34. The van der Waals surface area contributed by atoms with Crippen LogP contribution in [0.3, 0.4) is 0 Å². The molecule has 0 saturated carbocycles. The number of aryl methyl sites for hydroxylation is 1. The molecule has 2 aromatic rings. The van der Waals surface area contributed by atoms with E-state index in [1.807, 2.05) is 13.8 Å². The molecule has 0 aliphatic carbocycles. The van der Waals surface area contributed by atoms with E-state index in [-0.39, 0.29) is 18.8 Å². The molecular weight excluding hydrogens is 274 g/mol. The highest BCUT2D eigenvalue weighted by atomic mass is 16.5. The van der Waals surface area contributed by atoms with Crippen LogP contribution in [0.15, 0.2) is 6.20 Å². The highest BCUT2D eigenvalue weighted by Crippen LogP contribution is 2.24. The van der Waals surface area contributed by atoms with Crippen LogP contribution in [0.25, 0.3) is 0 Å².